The first-order chi connectivity index (χ1) is 13.8. The molecule has 29 heavy (non-hydrogen) atoms. The van der Waals surface area contributed by atoms with E-state index in [0.717, 1.165) is 4.57 Å². The van der Waals surface area contributed by atoms with Crippen LogP contribution in [0.1, 0.15) is 25.8 Å². The first-order valence-corrected chi connectivity index (χ1v) is 9.40. The normalized spacial score (nSPS) is 10.6. The topological polar surface area (TPSA) is 76.3 Å². The van der Waals surface area contributed by atoms with Gasteiger partial charge in [-0.15, -0.1) is 0 Å². The van der Waals surface area contributed by atoms with E-state index in [1.165, 1.54) is 36.0 Å². The van der Waals surface area contributed by atoms with Crippen LogP contribution in [0.4, 0.5) is 20.2 Å². The highest BCUT2D eigenvalue weighted by atomic mass is 19.1. The van der Waals surface area contributed by atoms with Crippen LogP contribution in [0.25, 0.3) is 10.9 Å². The summed E-state index contributed by atoms with van der Waals surface area (Å²) in [6.07, 6.45) is 1.82. The third-order valence-corrected chi connectivity index (χ3v) is 4.41. The molecule has 0 aliphatic heterocycles. The van der Waals surface area contributed by atoms with E-state index in [9.17, 15) is 18.4 Å². The van der Waals surface area contributed by atoms with Crippen LogP contribution in [-0.4, -0.2) is 20.8 Å². The van der Waals surface area contributed by atoms with Crippen LogP contribution in [0.5, 0.6) is 0 Å². The zero-order chi connectivity index (χ0) is 21.7. The lowest BCUT2D eigenvalue weighted by Gasteiger charge is -2.15. The molecule has 0 unspecified atom stereocenters. The minimum absolute atomic E-state index is 0.0424. The lowest BCUT2D eigenvalue weighted by Crippen LogP contribution is -2.28. The molecule has 2 N–H and O–H groups in total. The summed E-state index contributed by atoms with van der Waals surface area (Å²) in [5.41, 5.74) is -0.964. The second kappa shape index (κ2) is 9.47. The van der Waals surface area contributed by atoms with Gasteiger partial charge in [0.05, 0.1) is 22.3 Å². The summed E-state index contributed by atoms with van der Waals surface area (Å²) in [7, 11) is 1.36. The van der Waals surface area contributed by atoms with Gasteiger partial charge in [0.2, 0.25) is 5.82 Å². The Balaban J connectivity index is 0.00000145. The summed E-state index contributed by atoms with van der Waals surface area (Å²) in [6, 6.07) is 5.83. The first kappa shape index (κ1) is 22.3. The van der Waals surface area contributed by atoms with Gasteiger partial charge in [-0.1, -0.05) is 19.9 Å². The van der Waals surface area contributed by atoms with Crippen LogP contribution in [0, 0.1) is 18.6 Å². The van der Waals surface area contributed by atoms with Crippen molar-refractivity contribution >= 4 is 22.3 Å². The number of halogens is 2. The van der Waals surface area contributed by atoms with Crippen molar-refractivity contribution in [3.8, 4) is 0 Å². The van der Waals surface area contributed by atoms with Gasteiger partial charge in [-0.25, -0.2) is 4.39 Å². The molecular weight excluding hydrogens is 380 g/mol. The maximum absolute atomic E-state index is 14.7. The molecule has 2 aromatic heterocycles. The molecule has 3 aromatic rings. The van der Waals surface area contributed by atoms with Crippen molar-refractivity contribution < 1.29 is 13.9 Å². The standard InChI is InChI=1S/C19H19F2N3O3.C2H6/c1-11-4-5-13(12(20)10-11)22-17-15-14(23(2)19(27)16(17)21)6-8-24(18(15)26)7-3-9-25;1-2/h4-6,8,10,22,25H,3,7,9H2,1-2H3;1-2H3. The van der Waals surface area contributed by atoms with E-state index in [4.69, 9.17) is 5.11 Å². The fourth-order valence-corrected chi connectivity index (χ4v) is 2.94. The van der Waals surface area contributed by atoms with Gasteiger partial charge in [0, 0.05) is 26.4 Å². The van der Waals surface area contributed by atoms with E-state index >= 15 is 0 Å². The largest absolute Gasteiger partial charge is 0.396 e. The SMILES string of the molecule is CC.Cc1ccc(Nc2c(F)c(=O)n(C)c3ccn(CCCO)c(=O)c23)c(F)c1. The molecule has 0 saturated carbocycles. The highest BCUT2D eigenvalue weighted by Crippen LogP contribution is 2.27. The Morgan fingerprint density at radius 2 is 1.79 bits per heavy atom. The van der Waals surface area contributed by atoms with Crippen LogP contribution >= 0.6 is 0 Å². The third-order valence-electron chi connectivity index (χ3n) is 4.41. The van der Waals surface area contributed by atoms with Gasteiger partial charge in [-0.2, -0.15) is 4.39 Å². The highest BCUT2D eigenvalue weighted by molar-refractivity contribution is 5.92. The van der Waals surface area contributed by atoms with Gasteiger partial charge < -0.3 is 19.6 Å². The number of fused-ring (bicyclic) bond motifs is 1. The second-order valence-electron chi connectivity index (χ2n) is 6.31. The maximum atomic E-state index is 14.7. The molecule has 0 aliphatic carbocycles. The summed E-state index contributed by atoms with van der Waals surface area (Å²) in [6.45, 7) is 5.83. The second-order valence-corrected chi connectivity index (χ2v) is 6.31. The Bertz CT molecular complexity index is 1140. The van der Waals surface area contributed by atoms with Gasteiger partial charge in [0.15, 0.2) is 0 Å². The molecule has 6 nitrogen and oxygen atoms in total. The van der Waals surface area contributed by atoms with Gasteiger partial charge in [0.25, 0.3) is 11.1 Å². The summed E-state index contributed by atoms with van der Waals surface area (Å²) in [5.74, 6) is -1.79. The summed E-state index contributed by atoms with van der Waals surface area (Å²) in [5, 5.41) is 11.5. The zero-order valence-corrected chi connectivity index (χ0v) is 16.9. The number of anilines is 2. The monoisotopic (exact) mass is 405 g/mol. The first-order valence-electron chi connectivity index (χ1n) is 9.40. The van der Waals surface area contributed by atoms with Gasteiger partial charge in [0.1, 0.15) is 5.82 Å². The number of aliphatic hydroxyl groups is 1. The van der Waals surface area contributed by atoms with Crippen molar-refractivity contribution in [1.82, 2.24) is 9.13 Å². The van der Waals surface area contributed by atoms with Crippen LogP contribution < -0.4 is 16.4 Å². The van der Waals surface area contributed by atoms with Crippen molar-refractivity contribution in [3.63, 3.8) is 0 Å². The molecule has 0 saturated heterocycles. The maximum Gasteiger partial charge on any atom is 0.289 e. The Hall–Kier alpha value is -3.00. The van der Waals surface area contributed by atoms with Crippen molar-refractivity contribution in [2.24, 2.45) is 7.05 Å². The number of hydrogen-bond acceptors (Lipinski definition) is 4. The van der Waals surface area contributed by atoms with Crippen LogP contribution in [0.3, 0.4) is 0 Å². The van der Waals surface area contributed by atoms with E-state index in [0.29, 0.717) is 12.0 Å². The predicted molar refractivity (Wildman–Crippen MR) is 111 cm³/mol. The van der Waals surface area contributed by atoms with E-state index in [-0.39, 0.29) is 35.4 Å². The quantitative estimate of drug-likeness (QED) is 0.682. The van der Waals surface area contributed by atoms with E-state index < -0.39 is 22.8 Å². The fraction of sp³-hybridized carbons (Fsp3) is 0.333. The van der Waals surface area contributed by atoms with E-state index in [2.05, 4.69) is 5.32 Å². The number of aryl methyl sites for hydroxylation is 3. The van der Waals surface area contributed by atoms with Crippen molar-refractivity contribution in [2.45, 2.75) is 33.7 Å². The molecule has 3 rings (SSSR count). The van der Waals surface area contributed by atoms with Crippen molar-refractivity contribution in [2.75, 3.05) is 11.9 Å². The van der Waals surface area contributed by atoms with Crippen LogP contribution in [-0.2, 0) is 13.6 Å². The summed E-state index contributed by atoms with van der Waals surface area (Å²) >= 11 is 0. The molecule has 0 atom stereocenters. The number of hydrogen-bond donors (Lipinski definition) is 2. The molecule has 0 radical (unpaired) electrons. The molecule has 1 aromatic carbocycles. The average Bonchev–Trinajstić information content (AvgIpc) is 2.71. The van der Waals surface area contributed by atoms with E-state index in [1.807, 2.05) is 13.8 Å². The Labute approximate surface area is 167 Å². The lowest BCUT2D eigenvalue weighted by molar-refractivity contribution is 0.279. The molecule has 8 heteroatoms. The molecule has 0 aliphatic rings. The minimum atomic E-state index is -1.16. The molecule has 2 heterocycles. The number of benzene rings is 1. The number of pyridine rings is 2. The summed E-state index contributed by atoms with van der Waals surface area (Å²) in [4.78, 5) is 25.1. The number of aromatic nitrogens is 2. The third kappa shape index (κ3) is 4.37. The molecule has 0 amide bonds. The van der Waals surface area contributed by atoms with Crippen molar-refractivity contribution in [3.05, 3.63) is 68.4 Å². The number of nitrogens with one attached hydrogen (secondary N) is 1. The van der Waals surface area contributed by atoms with Crippen LogP contribution in [0.2, 0.25) is 0 Å². The fourth-order valence-electron chi connectivity index (χ4n) is 2.94. The lowest BCUT2D eigenvalue weighted by atomic mass is 10.1. The number of aliphatic hydroxyl groups excluding tert-OH is 1. The number of nitrogens with zero attached hydrogens (tertiary/aromatic N) is 2. The molecule has 156 valence electrons. The minimum Gasteiger partial charge on any atom is -0.396 e. The van der Waals surface area contributed by atoms with Gasteiger partial charge in [-0.05, 0) is 37.1 Å². The molecule has 0 bridgehead atoms. The zero-order valence-electron chi connectivity index (χ0n) is 16.9. The molecule has 0 fully saturated rings. The highest BCUT2D eigenvalue weighted by Gasteiger charge is 2.20. The molecular formula is C21H25F2N3O3. The predicted octanol–water partition coefficient (Wildman–Crippen LogP) is 3.44. The van der Waals surface area contributed by atoms with Crippen molar-refractivity contribution in [1.29, 1.82) is 0 Å². The van der Waals surface area contributed by atoms with Gasteiger partial charge in [-0.3, -0.25) is 9.59 Å². The Morgan fingerprint density at radius 3 is 2.41 bits per heavy atom. The Kier molecular flexibility index (Phi) is 7.28. The summed E-state index contributed by atoms with van der Waals surface area (Å²) < 4.78 is 31.3. The van der Waals surface area contributed by atoms with Gasteiger partial charge >= 0.3 is 0 Å². The number of rotatable bonds is 5. The van der Waals surface area contributed by atoms with Crippen LogP contribution in [0.15, 0.2) is 40.1 Å². The molecule has 0 spiro atoms. The smallest absolute Gasteiger partial charge is 0.289 e. The Morgan fingerprint density at radius 1 is 1.10 bits per heavy atom. The average molecular weight is 405 g/mol. The van der Waals surface area contributed by atoms with E-state index in [1.54, 1.807) is 13.0 Å².